The van der Waals surface area contributed by atoms with E-state index in [0.29, 0.717) is 28.6 Å². The van der Waals surface area contributed by atoms with Crippen LogP contribution in [0.1, 0.15) is 43.7 Å². The van der Waals surface area contributed by atoms with E-state index < -0.39 is 28.5 Å². The van der Waals surface area contributed by atoms with Gasteiger partial charge in [-0.2, -0.15) is 0 Å². The summed E-state index contributed by atoms with van der Waals surface area (Å²) in [5.74, 6) is -0.244. The third-order valence-corrected chi connectivity index (χ3v) is 10.5. The second-order valence-electron chi connectivity index (χ2n) is 11.6. The Morgan fingerprint density at radius 2 is 1.49 bits per heavy atom. The third-order valence-electron chi connectivity index (χ3n) is 8.32. The lowest BCUT2D eigenvalue weighted by molar-refractivity contribution is -0.140. The number of amides is 2. The maximum Gasteiger partial charge on any atom is 0.264 e. The van der Waals surface area contributed by atoms with Gasteiger partial charge in [-0.25, -0.2) is 8.42 Å². The number of hydrogen-bond acceptors (Lipinski definition) is 5. The van der Waals surface area contributed by atoms with E-state index >= 15 is 0 Å². The van der Waals surface area contributed by atoms with Crippen molar-refractivity contribution in [3.63, 3.8) is 0 Å². The molecule has 0 saturated heterocycles. The first-order valence-electron chi connectivity index (χ1n) is 15.9. The van der Waals surface area contributed by atoms with Crippen LogP contribution in [0, 0.1) is 0 Å². The number of hydrogen-bond donors (Lipinski definition) is 1. The fraction of sp³-hybridized carbons (Fsp3) is 0.297. The number of nitrogens with zero attached hydrogens (tertiary/aromatic N) is 2. The van der Waals surface area contributed by atoms with Gasteiger partial charge in [0.15, 0.2) is 0 Å². The molecule has 4 aromatic rings. The Hall–Kier alpha value is -4.34. The third kappa shape index (κ3) is 8.73. The monoisotopic (exact) mass is 673 g/mol. The first-order chi connectivity index (χ1) is 22.8. The van der Waals surface area contributed by atoms with Crippen LogP contribution in [0.4, 0.5) is 5.69 Å². The van der Waals surface area contributed by atoms with Gasteiger partial charge in [0.1, 0.15) is 18.3 Å². The molecular formula is C37H40ClN3O5S. The molecule has 0 bridgehead atoms. The lowest BCUT2D eigenvalue weighted by Crippen LogP contribution is -2.54. The molecule has 0 aliphatic heterocycles. The summed E-state index contributed by atoms with van der Waals surface area (Å²) in [5.41, 5.74) is 1.81. The summed E-state index contributed by atoms with van der Waals surface area (Å²) in [6.45, 7) is 1.78. The Bertz CT molecular complexity index is 1730. The van der Waals surface area contributed by atoms with Gasteiger partial charge in [-0.1, -0.05) is 91.2 Å². The SMILES string of the molecule is CCOc1ccc(N(CC(=O)N(Cc2ccccc2Cl)C(Cc2ccccc2)C(=O)NC2CCCC2)S(=O)(=O)c2ccccc2)cc1. The van der Waals surface area contributed by atoms with Gasteiger partial charge in [-0.05, 0) is 73.4 Å². The minimum atomic E-state index is -4.19. The highest BCUT2D eigenvalue weighted by atomic mass is 35.5. The van der Waals surface area contributed by atoms with Crippen LogP contribution >= 0.6 is 11.6 Å². The molecule has 1 aliphatic carbocycles. The van der Waals surface area contributed by atoms with Crippen LogP contribution in [0.25, 0.3) is 0 Å². The predicted octanol–water partition coefficient (Wildman–Crippen LogP) is 6.63. The molecule has 1 N–H and O–H groups in total. The maximum atomic E-state index is 14.6. The van der Waals surface area contributed by atoms with Gasteiger partial charge in [0.05, 0.1) is 17.2 Å². The number of benzene rings is 4. The fourth-order valence-corrected chi connectivity index (χ4v) is 7.49. The van der Waals surface area contributed by atoms with E-state index in [9.17, 15) is 18.0 Å². The van der Waals surface area contributed by atoms with Crippen LogP contribution in [0.15, 0.2) is 114 Å². The van der Waals surface area contributed by atoms with Crippen molar-refractivity contribution in [2.24, 2.45) is 0 Å². The van der Waals surface area contributed by atoms with Crippen LogP contribution in [-0.2, 0) is 32.6 Å². The van der Waals surface area contributed by atoms with Gasteiger partial charge in [-0.3, -0.25) is 13.9 Å². The smallest absolute Gasteiger partial charge is 0.264 e. The van der Waals surface area contributed by atoms with E-state index in [2.05, 4.69) is 5.32 Å². The molecule has 8 nitrogen and oxygen atoms in total. The van der Waals surface area contributed by atoms with E-state index in [4.69, 9.17) is 16.3 Å². The van der Waals surface area contributed by atoms with Crippen molar-refractivity contribution < 1.29 is 22.7 Å². The molecule has 2 amide bonds. The maximum absolute atomic E-state index is 14.6. The predicted molar refractivity (Wildman–Crippen MR) is 185 cm³/mol. The van der Waals surface area contributed by atoms with Crippen LogP contribution in [0.5, 0.6) is 5.75 Å². The number of anilines is 1. The summed E-state index contributed by atoms with van der Waals surface area (Å²) >= 11 is 6.59. The Kier molecular flexibility index (Phi) is 11.6. The molecule has 5 rings (SSSR count). The molecule has 246 valence electrons. The number of ether oxygens (including phenoxy) is 1. The van der Waals surface area contributed by atoms with Crippen molar-refractivity contribution in [2.75, 3.05) is 17.5 Å². The summed E-state index contributed by atoms with van der Waals surface area (Å²) in [4.78, 5) is 30.3. The van der Waals surface area contributed by atoms with Gasteiger partial charge in [0.25, 0.3) is 10.0 Å². The number of carbonyl (C=O) groups is 2. The largest absolute Gasteiger partial charge is 0.494 e. The summed E-state index contributed by atoms with van der Waals surface area (Å²) in [5, 5.41) is 3.63. The number of nitrogens with one attached hydrogen (secondary N) is 1. The highest BCUT2D eigenvalue weighted by Crippen LogP contribution is 2.28. The van der Waals surface area contributed by atoms with Crippen molar-refractivity contribution in [1.82, 2.24) is 10.2 Å². The molecule has 1 fully saturated rings. The topological polar surface area (TPSA) is 96.0 Å². The number of halogens is 1. The average Bonchev–Trinajstić information content (AvgIpc) is 3.60. The highest BCUT2D eigenvalue weighted by Gasteiger charge is 2.35. The molecule has 0 heterocycles. The van der Waals surface area contributed by atoms with Gasteiger partial charge < -0.3 is 15.0 Å². The van der Waals surface area contributed by atoms with E-state index in [0.717, 1.165) is 35.6 Å². The Morgan fingerprint density at radius 1 is 0.872 bits per heavy atom. The number of sulfonamides is 1. The Balaban J connectivity index is 1.56. The molecule has 47 heavy (non-hydrogen) atoms. The minimum Gasteiger partial charge on any atom is -0.494 e. The zero-order valence-electron chi connectivity index (χ0n) is 26.4. The number of rotatable bonds is 14. The second kappa shape index (κ2) is 16.0. The summed E-state index contributed by atoms with van der Waals surface area (Å²) in [7, 11) is -4.19. The fourth-order valence-electron chi connectivity index (χ4n) is 5.86. The van der Waals surface area contributed by atoms with E-state index in [1.165, 1.54) is 17.0 Å². The molecule has 1 unspecified atom stereocenters. The zero-order chi connectivity index (χ0) is 33.2. The molecule has 10 heteroatoms. The van der Waals surface area contributed by atoms with Crippen molar-refractivity contribution in [1.29, 1.82) is 0 Å². The molecular weight excluding hydrogens is 634 g/mol. The Labute approximate surface area is 282 Å². The van der Waals surface area contributed by atoms with Crippen LogP contribution in [0.2, 0.25) is 5.02 Å². The lowest BCUT2D eigenvalue weighted by atomic mass is 10.0. The first-order valence-corrected chi connectivity index (χ1v) is 17.8. The molecule has 0 radical (unpaired) electrons. The van der Waals surface area contributed by atoms with E-state index in [1.54, 1.807) is 54.6 Å². The summed E-state index contributed by atoms with van der Waals surface area (Å²) in [6.07, 6.45) is 4.06. The quantitative estimate of drug-likeness (QED) is 0.162. The molecule has 1 saturated carbocycles. The normalized spacial score (nSPS) is 13.9. The van der Waals surface area contributed by atoms with Gasteiger partial charge in [0, 0.05) is 24.0 Å². The first kappa shape index (κ1) is 34.0. The second-order valence-corrected chi connectivity index (χ2v) is 13.8. The van der Waals surface area contributed by atoms with Crippen LogP contribution in [0.3, 0.4) is 0 Å². The summed E-state index contributed by atoms with van der Waals surface area (Å²) in [6, 6.07) is 30.3. The number of carbonyl (C=O) groups excluding carboxylic acids is 2. The highest BCUT2D eigenvalue weighted by molar-refractivity contribution is 7.92. The minimum absolute atomic E-state index is 0.0105. The van der Waals surface area contributed by atoms with Crippen LogP contribution in [-0.4, -0.2) is 50.4 Å². The van der Waals surface area contributed by atoms with E-state index in [-0.39, 0.29) is 29.8 Å². The van der Waals surface area contributed by atoms with E-state index in [1.807, 2.05) is 49.4 Å². The van der Waals surface area contributed by atoms with Gasteiger partial charge >= 0.3 is 0 Å². The average molecular weight is 674 g/mol. The van der Waals surface area contributed by atoms with Crippen molar-refractivity contribution in [2.45, 2.75) is 62.6 Å². The van der Waals surface area contributed by atoms with Crippen LogP contribution < -0.4 is 14.4 Å². The zero-order valence-corrected chi connectivity index (χ0v) is 28.0. The lowest BCUT2D eigenvalue weighted by Gasteiger charge is -2.34. The van der Waals surface area contributed by atoms with Crippen molar-refractivity contribution in [3.8, 4) is 5.75 Å². The molecule has 4 aromatic carbocycles. The van der Waals surface area contributed by atoms with Crippen molar-refractivity contribution >= 4 is 39.1 Å². The molecule has 0 spiro atoms. The Morgan fingerprint density at radius 3 is 2.13 bits per heavy atom. The molecule has 1 atom stereocenters. The van der Waals surface area contributed by atoms with Gasteiger partial charge in [-0.15, -0.1) is 0 Å². The molecule has 1 aliphatic rings. The standard InChI is InChI=1S/C37H40ClN3O5S/c1-2-46-32-23-21-31(22-24-32)41(47(44,45)33-18-7-4-8-19-33)27-36(42)40(26-29-15-9-12-20-34(29)38)35(25-28-13-5-3-6-14-28)37(43)39-30-16-10-11-17-30/h3-9,12-15,18-24,30,35H,2,10-11,16-17,25-27H2,1H3,(H,39,43). The van der Waals surface area contributed by atoms with Crippen molar-refractivity contribution in [3.05, 3.63) is 125 Å². The van der Waals surface area contributed by atoms with Gasteiger partial charge in [0.2, 0.25) is 11.8 Å². The molecule has 0 aromatic heterocycles. The summed E-state index contributed by atoms with van der Waals surface area (Å²) < 4.78 is 35.0.